The number of ether oxygens (including phenoxy) is 1. The molecule has 6 heteroatoms. The average molecular weight is 346 g/mol. The third kappa shape index (κ3) is 3.08. The van der Waals surface area contributed by atoms with E-state index in [9.17, 15) is 9.59 Å². The summed E-state index contributed by atoms with van der Waals surface area (Å²) in [5, 5.41) is 12.4. The highest BCUT2D eigenvalue weighted by molar-refractivity contribution is 6.34. The SMILES string of the molecule is COc1ccc(C(=O)NC2CCc3ccc(C(=O)O)cc32)c(Cl)c1. The van der Waals surface area contributed by atoms with Gasteiger partial charge in [-0.25, -0.2) is 4.79 Å². The quantitative estimate of drug-likeness (QED) is 0.889. The lowest BCUT2D eigenvalue weighted by atomic mass is 10.0. The summed E-state index contributed by atoms with van der Waals surface area (Å²) in [6, 6.07) is 9.68. The Kier molecular flexibility index (Phi) is 4.44. The minimum Gasteiger partial charge on any atom is -0.497 e. The molecule has 2 aromatic carbocycles. The molecule has 0 bridgehead atoms. The number of methoxy groups -OCH3 is 1. The molecule has 0 radical (unpaired) electrons. The molecule has 0 fully saturated rings. The van der Waals surface area contributed by atoms with Crippen LogP contribution in [0.5, 0.6) is 5.75 Å². The molecule has 2 aromatic rings. The first kappa shape index (κ1) is 16.3. The van der Waals surface area contributed by atoms with Gasteiger partial charge in [-0.1, -0.05) is 17.7 Å². The van der Waals surface area contributed by atoms with Crippen molar-refractivity contribution in [2.45, 2.75) is 18.9 Å². The number of nitrogens with one attached hydrogen (secondary N) is 1. The summed E-state index contributed by atoms with van der Waals surface area (Å²) in [5.74, 6) is -0.692. The number of amides is 1. The van der Waals surface area contributed by atoms with Gasteiger partial charge in [0.1, 0.15) is 5.75 Å². The molecule has 1 aliphatic rings. The van der Waals surface area contributed by atoms with E-state index in [1.807, 2.05) is 6.07 Å². The lowest BCUT2D eigenvalue weighted by Gasteiger charge is -2.15. The molecule has 0 spiro atoms. The van der Waals surface area contributed by atoms with E-state index in [0.717, 1.165) is 24.0 Å². The van der Waals surface area contributed by atoms with Crippen molar-refractivity contribution in [1.29, 1.82) is 0 Å². The number of carbonyl (C=O) groups is 2. The van der Waals surface area contributed by atoms with Crippen molar-refractivity contribution in [3.05, 3.63) is 63.7 Å². The van der Waals surface area contributed by atoms with Crippen LogP contribution in [0.25, 0.3) is 0 Å². The molecule has 0 aliphatic heterocycles. The molecular weight excluding hydrogens is 330 g/mol. The van der Waals surface area contributed by atoms with E-state index in [1.54, 1.807) is 30.3 Å². The van der Waals surface area contributed by atoms with Gasteiger partial charge in [-0.05, 0) is 54.3 Å². The van der Waals surface area contributed by atoms with E-state index >= 15 is 0 Å². The van der Waals surface area contributed by atoms with Gasteiger partial charge in [0.2, 0.25) is 0 Å². The fourth-order valence-electron chi connectivity index (χ4n) is 2.93. The number of aryl methyl sites for hydroxylation is 1. The van der Waals surface area contributed by atoms with Crippen molar-refractivity contribution in [1.82, 2.24) is 5.32 Å². The zero-order valence-electron chi connectivity index (χ0n) is 13.0. The van der Waals surface area contributed by atoms with Crippen molar-refractivity contribution in [3.8, 4) is 5.75 Å². The number of aromatic carboxylic acids is 1. The Bertz CT molecular complexity index is 819. The van der Waals surface area contributed by atoms with Crippen molar-refractivity contribution in [3.63, 3.8) is 0 Å². The summed E-state index contributed by atoms with van der Waals surface area (Å²) in [6.07, 6.45) is 1.54. The van der Waals surface area contributed by atoms with Gasteiger partial charge in [0.05, 0.1) is 29.3 Å². The first-order chi connectivity index (χ1) is 11.5. The van der Waals surface area contributed by atoms with E-state index in [2.05, 4.69) is 5.32 Å². The first-order valence-electron chi connectivity index (χ1n) is 7.50. The zero-order valence-corrected chi connectivity index (χ0v) is 13.8. The van der Waals surface area contributed by atoms with Crippen LogP contribution in [0, 0.1) is 0 Å². The molecule has 1 atom stereocenters. The monoisotopic (exact) mass is 345 g/mol. The molecule has 2 N–H and O–H groups in total. The van der Waals surface area contributed by atoms with Crippen molar-refractivity contribution < 1.29 is 19.4 Å². The third-order valence-corrected chi connectivity index (χ3v) is 4.51. The van der Waals surface area contributed by atoms with Crippen LogP contribution in [-0.4, -0.2) is 24.1 Å². The molecule has 0 saturated heterocycles. The Balaban J connectivity index is 1.82. The topological polar surface area (TPSA) is 75.6 Å². The Labute approximate surface area is 144 Å². The lowest BCUT2D eigenvalue weighted by Crippen LogP contribution is -2.27. The highest BCUT2D eigenvalue weighted by atomic mass is 35.5. The van der Waals surface area contributed by atoms with Crippen LogP contribution < -0.4 is 10.1 Å². The number of benzene rings is 2. The number of carboxylic acids is 1. The van der Waals surface area contributed by atoms with Gasteiger partial charge in [0.15, 0.2) is 0 Å². The normalized spacial score (nSPS) is 15.7. The fourth-order valence-corrected chi connectivity index (χ4v) is 3.18. The number of hydrogen-bond donors (Lipinski definition) is 2. The number of carboxylic acid groups (broad SMARTS) is 1. The number of carbonyl (C=O) groups excluding carboxylic acids is 1. The number of fused-ring (bicyclic) bond motifs is 1. The predicted molar refractivity (Wildman–Crippen MR) is 89.9 cm³/mol. The van der Waals surface area contributed by atoms with E-state index in [0.29, 0.717) is 16.3 Å². The smallest absolute Gasteiger partial charge is 0.335 e. The summed E-state index contributed by atoms with van der Waals surface area (Å²) in [5.41, 5.74) is 2.50. The molecule has 1 aliphatic carbocycles. The van der Waals surface area contributed by atoms with Crippen LogP contribution in [0.2, 0.25) is 5.02 Å². The maximum Gasteiger partial charge on any atom is 0.335 e. The van der Waals surface area contributed by atoms with E-state index in [-0.39, 0.29) is 17.5 Å². The molecule has 0 aromatic heterocycles. The summed E-state index contributed by atoms with van der Waals surface area (Å²) in [4.78, 5) is 23.6. The van der Waals surface area contributed by atoms with E-state index in [4.69, 9.17) is 21.4 Å². The second-order valence-electron chi connectivity index (χ2n) is 5.63. The number of halogens is 1. The van der Waals surface area contributed by atoms with Crippen LogP contribution in [0.3, 0.4) is 0 Å². The van der Waals surface area contributed by atoms with Gasteiger partial charge in [0.25, 0.3) is 5.91 Å². The average Bonchev–Trinajstić information content (AvgIpc) is 2.96. The van der Waals surface area contributed by atoms with Crippen LogP contribution in [-0.2, 0) is 6.42 Å². The van der Waals surface area contributed by atoms with Crippen molar-refractivity contribution in [2.24, 2.45) is 0 Å². The van der Waals surface area contributed by atoms with Gasteiger partial charge in [-0.2, -0.15) is 0 Å². The Hall–Kier alpha value is -2.53. The van der Waals surface area contributed by atoms with Crippen LogP contribution >= 0.6 is 11.6 Å². The molecular formula is C18H16ClNO4. The van der Waals surface area contributed by atoms with Gasteiger partial charge >= 0.3 is 5.97 Å². The van der Waals surface area contributed by atoms with Gasteiger partial charge in [-0.3, -0.25) is 4.79 Å². The Morgan fingerprint density at radius 1 is 1.25 bits per heavy atom. The standard InChI is InChI=1S/C18H16ClNO4/c1-24-12-5-6-13(15(19)9-12)17(21)20-16-7-4-10-2-3-11(18(22)23)8-14(10)16/h2-3,5-6,8-9,16H,4,7H2,1H3,(H,20,21)(H,22,23). The summed E-state index contributed by atoms with van der Waals surface area (Å²) >= 11 is 6.14. The molecule has 24 heavy (non-hydrogen) atoms. The first-order valence-corrected chi connectivity index (χ1v) is 7.88. The summed E-state index contributed by atoms with van der Waals surface area (Å²) in [7, 11) is 1.53. The van der Waals surface area contributed by atoms with Gasteiger partial charge < -0.3 is 15.2 Å². The second kappa shape index (κ2) is 6.53. The van der Waals surface area contributed by atoms with Crippen LogP contribution in [0.4, 0.5) is 0 Å². The molecule has 1 amide bonds. The molecule has 1 unspecified atom stereocenters. The maximum atomic E-state index is 12.5. The summed E-state index contributed by atoms with van der Waals surface area (Å²) < 4.78 is 5.07. The van der Waals surface area contributed by atoms with Crippen LogP contribution in [0.1, 0.15) is 44.3 Å². The molecule has 0 saturated carbocycles. The molecule has 0 heterocycles. The van der Waals surface area contributed by atoms with E-state index < -0.39 is 5.97 Å². The second-order valence-corrected chi connectivity index (χ2v) is 6.04. The largest absolute Gasteiger partial charge is 0.497 e. The lowest BCUT2D eigenvalue weighted by molar-refractivity contribution is 0.0696. The van der Waals surface area contributed by atoms with Crippen molar-refractivity contribution >= 4 is 23.5 Å². The highest BCUT2D eigenvalue weighted by Gasteiger charge is 2.26. The number of hydrogen-bond acceptors (Lipinski definition) is 3. The molecule has 5 nitrogen and oxygen atoms in total. The summed E-state index contributed by atoms with van der Waals surface area (Å²) in [6.45, 7) is 0. The Morgan fingerprint density at radius 2 is 2.04 bits per heavy atom. The highest BCUT2D eigenvalue weighted by Crippen LogP contribution is 2.32. The minimum atomic E-state index is -0.979. The van der Waals surface area contributed by atoms with Crippen molar-refractivity contribution in [2.75, 3.05) is 7.11 Å². The molecule has 3 rings (SSSR count). The maximum absolute atomic E-state index is 12.5. The predicted octanol–water partition coefficient (Wildman–Crippen LogP) is 3.46. The van der Waals surface area contributed by atoms with Gasteiger partial charge in [0, 0.05) is 0 Å². The van der Waals surface area contributed by atoms with Crippen LogP contribution in [0.15, 0.2) is 36.4 Å². The van der Waals surface area contributed by atoms with Gasteiger partial charge in [-0.15, -0.1) is 0 Å². The minimum absolute atomic E-state index is 0.218. The number of rotatable bonds is 4. The Morgan fingerprint density at radius 3 is 2.71 bits per heavy atom. The fraction of sp³-hybridized carbons (Fsp3) is 0.222. The molecule has 124 valence electrons. The zero-order chi connectivity index (χ0) is 17.3. The van der Waals surface area contributed by atoms with E-state index in [1.165, 1.54) is 7.11 Å². The third-order valence-electron chi connectivity index (χ3n) is 4.20.